The molecule has 0 aromatic heterocycles. The zero-order chi connectivity index (χ0) is 54.8. The predicted octanol–water partition coefficient (Wildman–Crippen LogP) is 6.40. The van der Waals surface area contributed by atoms with Crippen LogP contribution in [0.4, 0.5) is 5.69 Å². The molecule has 3 saturated heterocycles. The van der Waals surface area contributed by atoms with Gasteiger partial charge in [0.25, 0.3) is 5.78 Å². The quantitative estimate of drug-likeness (QED) is 0.198. The van der Waals surface area contributed by atoms with Gasteiger partial charge in [-0.2, -0.15) is 0 Å². The van der Waals surface area contributed by atoms with Crippen molar-refractivity contribution in [3.63, 3.8) is 0 Å². The number of carbonyl (C=O) groups excluding carboxylic acids is 3. The highest BCUT2D eigenvalue weighted by molar-refractivity contribution is 6.19. The molecule has 6 aliphatic heterocycles. The van der Waals surface area contributed by atoms with Crippen molar-refractivity contribution < 1.29 is 53.0 Å². The molecule has 1 amide bonds. The van der Waals surface area contributed by atoms with E-state index in [4.69, 9.17) is 38.4 Å². The largest absolute Gasteiger partial charge is 0.870 e. The number of benzene rings is 2. The Morgan fingerprint density at radius 3 is 2.17 bits per heavy atom. The van der Waals surface area contributed by atoms with Crippen LogP contribution in [0.1, 0.15) is 129 Å². The van der Waals surface area contributed by atoms with Crippen molar-refractivity contribution in [2.75, 3.05) is 67.1 Å². The summed E-state index contributed by atoms with van der Waals surface area (Å²) in [7, 11) is 4.72. The highest BCUT2D eigenvalue weighted by Gasteiger charge is 2.50. The number of amides is 1. The van der Waals surface area contributed by atoms with E-state index in [9.17, 15) is 14.7 Å². The van der Waals surface area contributed by atoms with Gasteiger partial charge in [0.1, 0.15) is 29.4 Å². The number of nitrogens with zero attached hydrogens (tertiary/aromatic N) is 6. The molecule has 3 fully saturated rings. The highest BCUT2D eigenvalue weighted by atomic mass is 16.7. The van der Waals surface area contributed by atoms with Gasteiger partial charge in [0.15, 0.2) is 5.66 Å². The zero-order valence-corrected chi connectivity index (χ0v) is 47.1. The number of likely N-dealkylation sites (tertiary alicyclic amines) is 3. The molecule has 6 aliphatic rings. The molecular formula is C59H82N6O11-2. The molecule has 76 heavy (non-hydrogen) atoms. The van der Waals surface area contributed by atoms with Crippen molar-refractivity contribution in [3.8, 4) is 17.2 Å². The van der Waals surface area contributed by atoms with Gasteiger partial charge in [0.05, 0.1) is 42.2 Å². The first-order valence-electron chi connectivity index (χ1n) is 27.8. The predicted molar refractivity (Wildman–Crippen MR) is 286 cm³/mol. The number of fused-ring (bicyclic) bond motifs is 1. The van der Waals surface area contributed by atoms with Crippen LogP contribution in [-0.2, 0) is 28.5 Å². The summed E-state index contributed by atoms with van der Waals surface area (Å²) < 4.78 is 37.6. The average molecular weight is 1050 g/mol. The maximum absolute atomic E-state index is 15.1. The van der Waals surface area contributed by atoms with Gasteiger partial charge in [0.2, 0.25) is 5.91 Å². The maximum atomic E-state index is 15.1. The molecular weight excluding hydrogens is 969 g/mol. The number of aliphatic imine (C=N–C) groups is 1. The van der Waals surface area contributed by atoms with Gasteiger partial charge in [-0.3, -0.25) is 29.4 Å². The monoisotopic (exact) mass is 1050 g/mol. The second kappa shape index (κ2) is 23.7. The highest BCUT2D eigenvalue weighted by Crippen LogP contribution is 2.50. The average Bonchev–Trinajstić information content (AvgIpc) is 4.02. The van der Waals surface area contributed by atoms with Crippen molar-refractivity contribution in [2.45, 2.75) is 156 Å². The van der Waals surface area contributed by atoms with Crippen molar-refractivity contribution in [1.82, 2.24) is 14.7 Å². The Hall–Kier alpha value is -5.36. The Balaban J connectivity index is 1.16. The number of ether oxygens (including phenoxy) is 6. The minimum absolute atomic E-state index is 0.0515. The topological polar surface area (TPSA) is 200 Å². The number of esters is 1. The number of ketones is 1. The lowest BCUT2D eigenvalue weighted by Gasteiger charge is -2.40. The van der Waals surface area contributed by atoms with E-state index in [0.717, 1.165) is 32.5 Å². The molecule has 0 aliphatic carbocycles. The van der Waals surface area contributed by atoms with Crippen LogP contribution in [0.25, 0.3) is 10.8 Å². The Morgan fingerprint density at radius 2 is 1.53 bits per heavy atom. The number of carbonyl (C=O) groups is 3. The molecule has 0 saturated carbocycles. The van der Waals surface area contributed by atoms with Crippen LogP contribution in [-0.4, -0.2) is 141 Å². The number of hydrogen-bond donors (Lipinski definition) is 0. The molecule has 8 rings (SSSR count). The fraction of sp³-hybridized carbons (Fsp3) is 0.661. The number of piperidine rings is 3. The Labute approximate surface area is 449 Å². The summed E-state index contributed by atoms with van der Waals surface area (Å²) in [5.41, 5.74) is -0.351. The van der Waals surface area contributed by atoms with Gasteiger partial charge in [-0.25, -0.2) is 0 Å². The molecule has 17 heteroatoms. The fourth-order valence-electron chi connectivity index (χ4n) is 12.9. The maximum Gasteiger partial charge on any atom is 0.315 e. The minimum atomic E-state index is -1.88. The molecule has 0 N–H and O–H groups in total. The van der Waals surface area contributed by atoms with E-state index >= 15 is 9.90 Å². The zero-order valence-electron chi connectivity index (χ0n) is 47.1. The first-order chi connectivity index (χ1) is 36.2. The lowest BCUT2D eigenvalue weighted by Crippen LogP contribution is -2.49. The van der Waals surface area contributed by atoms with Crippen molar-refractivity contribution >= 4 is 40.0 Å². The van der Waals surface area contributed by atoms with Crippen LogP contribution < -0.4 is 30.4 Å². The lowest BCUT2D eigenvalue weighted by atomic mass is 9.78. The molecule has 4 bridgehead atoms. The summed E-state index contributed by atoms with van der Waals surface area (Å²) in [6, 6.07) is 0.458. The number of allylic oxidation sites excluding steroid dienone is 3. The van der Waals surface area contributed by atoms with Crippen LogP contribution >= 0.6 is 0 Å². The molecule has 2 aromatic rings. The smallest absolute Gasteiger partial charge is 0.315 e. The Kier molecular flexibility index (Phi) is 17.7. The molecule has 416 valence electrons. The van der Waals surface area contributed by atoms with Crippen LogP contribution in [0.3, 0.4) is 0 Å². The van der Waals surface area contributed by atoms with Gasteiger partial charge in [-0.15, -0.1) is 0 Å². The molecule has 17 nitrogen and oxygen atoms in total. The van der Waals surface area contributed by atoms with E-state index in [0.29, 0.717) is 63.0 Å². The van der Waals surface area contributed by atoms with E-state index in [1.807, 2.05) is 33.8 Å². The second-order valence-electron chi connectivity index (χ2n) is 22.9. The van der Waals surface area contributed by atoms with E-state index in [1.54, 1.807) is 51.2 Å². The van der Waals surface area contributed by atoms with E-state index in [-0.39, 0.29) is 91.9 Å². The second-order valence-corrected chi connectivity index (χ2v) is 22.9. The summed E-state index contributed by atoms with van der Waals surface area (Å²) in [4.78, 5) is 64.5. The number of methoxy groups -OCH3 is 3. The molecule has 8 atom stereocenters. The van der Waals surface area contributed by atoms with Crippen molar-refractivity contribution in [3.05, 3.63) is 58.0 Å². The Morgan fingerprint density at radius 1 is 0.868 bits per heavy atom. The van der Waals surface area contributed by atoms with Gasteiger partial charge >= 0.3 is 11.8 Å². The van der Waals surface area contributed by atoms with E-state index < -0.39 is 47.1 Å². The van der Waals surface area contributed by atoms with E-state index in [2.05, 4.69) is 28.6 Å². The van der Waals surface area contributed by atoms with Gasteiger partial charge < -0.3 is 53.3 Å². The first kappa shape index (κ1) is 56.8. The van der Waals surface area contributed by atoms with Crippen LogP contribution in [0.2, 0.25) is 0 Å². The van der Waals surface area contributed by atoms with Crippen LogP contribution in [0.15, 0.2) is 51.1 Å². The molecule has 2 aromatic carbocycles. The minimum Gasteiger partial charge on any atom is -0.870 e. The third kappa shape index (κ3) is 11.4. The normalized spacial score (nSPS) is 30.5. The standard InChI is InChI=1S/C59H84N6O11/c1-34(2)33-63-29-23-59(24-30-63)61-47-44-45-50(68)49(48(47)62-59)60-57(70)37(5)19-16-18-35(3)51(71-10)38(6)53(72-11)39(7)52(75-43(67)32-42(66)65-27-21-41(22-28-65)64-25-14-13-15-26-64)36(4)20-17-31-74-58(9)56(69)46(44)55(76-58)40(8)54(45)73-12/h16-19,31,34-36,38-39,41,51-53,68H,13-15,20-30,32-33H2,1-12H3,(H,60,70)/p-2/b18-16+,31-17+,37-19-/t35-,36+,38+,39-,51-,52+,53+,58-/m0/s1. The summed E-state index contributed by atoms with van der Waals surface area (Å²) in [5.74, 6) is -4.88. The number of rotatable bonds is 9. The van der Waals surface area contributed by atoms with E-state index in [1.165, 1.54) is 39.6 Å². The van der Waals surface area contributed by atoms with Gasteiger partial charge in [-0.05, 0) is 88.4 Å². The molecule has 1 spiro atoms. The summed E-state index contributed by atoms with van der Waals surface area (Å²) >= 11 is 0. The molecule has 0 unspecified atom stereocenters. The lowest BCUT2D eigenvalue weighted by molar-refractivity contribution is -0.265. The van der Waals surface area contributed by atoms with Crippen molar-refractivity contribution in [2.24, 2.45) is 44.6 Å². The van der Waals surface area contributed by atoms with Crippen LogP contribution in [0.5, 0.6) is 17.2 Å². The van der Waals surface area contributed by atoms with Crippen molar-refractivity contribution in [1.29, 1.82) is 0 Å². The SMILES string of the molecule is COc1c(C)c2c3c4c5c(c(c([O-])c14)N=C([O-])/C(C)=C\C=C\[C@H](C)[C@H](OC)[C@@H](C)[C@@H](OC)[C@@H](C)[C@H](OC(=O)CC(=O)N1CCC(N4CCCCC4)CC1)[C@H](C)C/C=C/O[C@@](C)(O2)C3=O)=NC1(CCN(CC(C)C)CC1)N=5. The van der Waals surface area contributed by atoms with Gasteiger partial charge in [0, 0.05) is 107 Å². The third-order valence-corrected chi connectivity index (χ3v) is 17.0. The van der Waals surface area contributed by atoms with Gasteiger partial charge in [-0.1, -0.05) is 71.9 Å². The molecule has 6 heterocycles. The summed E-state index contributed by atoms with van der Waals surface area (Å²) in [6.07, 6.45) is 13.5. The Bertz CT molecular complexity index is 2750. The number of Topliss-reactive ketones (excluding diaryl/α,β-unsaturated/α-hetero) is 1. The summed E-state index contributed by atoms with van der Waals surface area (Å²) in [5, 5.41) is 30.0. The number of hydrogen-bond acceptors (Lipinski definition) is 16. The fourth-order valence-corrected chi connectivity index (χ4v) is 12.9. The third-order valence-electron chi connectivity index (χ3n) is 17.0. The summed E-state index contributed by atoms with van der Waals surface area (Å²) in [6.45, 7) is 23.0. The first-order valence-corrected chi connectivity index (χ1v) is 27.8. The van der Waals surface area contributed by atoms with Crippen LogP contribution in [0, 0.1) is 36.5 Å². The molecule has 0 radical (unpaired) electrons.